The first-order valence-corrected chi connectivity index (χ1v) is 6.35. The SMILES string of the molecule is CCNC(CN1C(=O)C2CC2C1=O)C(=O)OCC. The molecule has 100 valence electrons. The molecule has 1 heterocycles. The van der Waals surface area contributed by atoms with Gasteiger partial charge in [-0.2, -0.15) is 0 Å². The number of piperidine rings is 1. The van der Waals surface area contributed by atoms with Crippen LogP contribution in [0.3, 0.4) is 0 Å². The summed E-state index contributed by atoms with van der Waals surface area (Å²) in [6, 6.07) is -0.625. The van der Waals surface area contributed by atoms with E-state index in [1.165, 1.54) is 4.90 Å². The Kier molecular flexibility index (Phi) is 3.65. The lowest BCUT2D eigenvalue weighted by molar-refractivity contribution is -0.148. The van der Waals surface area contributed by atoms with Gasteiger partial charge >= 0.3 is 5.97 Å². The fraction of sp³-hybridized carbons (Fsp3) is 0.750. The second-order valence-electron chi connectivity index (χ2n) is 4.60. The first-order valence-electron chi connectivity index (χ1n) is 6.35. The van der Waals surface area contributed by atoms with Crippen LogP contribution in [0.1, 0.15) is 20.3 Å². The van der Waals surface area contributed by atoms with Crippen LogP contribution in [0.4, 0.5) is 0 Å². The fourth-order valence-corrected chi connectivity index (χ4v) is 2.32. The van der Waals surface area contributed by atoms with E-state index >= 15 is 0 Å². The summed E-state index contributed by atoms with van der Waals surface area (Å²) in [6.07, 6.45) is 0.680. The predicted octanol–water partition coefficient (Wildman–Crippen LogP) is -0.467. The molecule has 1 aliphatic heterocycles. The van der Waals surface area contributed by atoms with Crippen molar-refractivity contribution in [1.29, 1.82) is 0 Å². The number of amides is 2. The summed E-state index contributed by atoms with van der Waals surface area (Å²) < 4.78 is 4.92. The van der Waals surface area contributed by atoms with Gasteiger partial charge in [-0.05, 0) is 19.9 Å². The first-order chi connectivity index (χ1) is 8.60. The van der Waals surface area contributed by atoms with E-state index in [9.17, 15) is 14.4 Å². The number of hydrogen-bond donors (Lipinski definition) is 1. The second kappa shape index (κ2) is 5.06. The summed E-state index contributed by atoms with van der Waals surface area (Å²) in [5, 5.41) is 2.94. The van der Waals surface area contributed by atoms with Crippen molar-refractivity contribution < 1.29 is 19.1 Å². The number of rotatable bonds is 6. The van der Waals surface area contributed by atoms with E-state index in [1.807, 2.05) is 6.92 Å². The topological polar surface area (TPSA) is 75.7 Å². The standard InChI is InChI=1S/C12H18N2O4/c1-3-13-9(12(17)18-4-2)6-14-10(15)7-5-8(7)11(14)16/h7-9,13H,3-6H2,1-2H3. The number of nitrogens with one attached hydrogen (secondary N) is 1. The van der Waals surface area contributed by atoms with Crippen LogP contribution in [-0.4, -0.2) is 48.4 Å². The van der Waals surface area contributed by atoms with Crippen LogP contribution in [0.2, 0.25) is 0 Å². The summed E-state index contributed by atoms with van der Waals surface area (Å²) >= 11 is 0. The number of likely N-dealkylation sites (N-methyl/N-ethyl adjacent to an activating group) is 1. The maximum absolute atomic E-state index is 11.8. The minimum Gasteiger partial charge on any atom is -0.465 e. The van der Waals surface area contributed by atoms with Gasteiger partial charge in [0.2, 0.25) is 11.8 Å². The average Bonchev–Trinajstić information content (AvgIpc) is 3.08. The number of carbonyl (C=O) groups is 3. The normalized spacial score (nSPS) is 27.1. The Morgan fingerprint density at radius 1 is 1.39 bits per heavy atom. The highest BCUT2D eigenvalue weighted by Crippen LogP contribution is 2.46. The van der Waals surface area contributed by atoms with Crippen LogP contribution in [0, 0.1) is 11.8 Å². The Bertz CT molecular complexity index is 362. The summed E-state index contributed by atoms with van der Waals surface area (Å²) in [5.74, 6) is -0.945. The highest BCUT2D eigenvalue weighted by molar-refractivity contribution is 6.09. The van der Waals surface area contributed by atoms with Crippen molar-refractivity contribution in [2.75, 3.05) is 19.7 Å². The molecule has 3 unspecified atom stereocenters. The highest BCUT2D eigenvalue weighted by atomic mass is 16.5. The molecule has 1 saturated heterocycles. The van der Waals surface area contributed by atoms with Crippen molar-refractivity contribution in [1.82, 2.24) is 10.2 Å². The molecular weight excluding hydrogens is 236 g/mol. The Morgan fingerprint density at radius 3 is 2.50 bits per heavy atom. The van der Waals surface area contributed by atoms with E-state index in [2.05, 4.69) is 5.32 Å². The van der Waals surface area contributed by atoms with E-state index in [0.717, 1.165) is 0 Å². The zero-order chi connectivity index (χ0) is 13.3. The molecule has 1 N–H and O–H groups in total. The van der Waals surface area contributed by atoms with Gasteiger partial charge in [-0.15, -0.1) is 0 Å². The molecule has 0 spiro atoms. The van der Waals surface area contributed by atoms with Gasteiger partial charge in [0, 0.05) is 0 Å². The third-order valence-electron chi connectivity index (χ3n) is 3.34. The lowest BCUT2D eigenvalue weighted by atomic mass is 10.2. The van der Waals surface area contributed by atoms with Gasteiger partial charge in [0.25, 0.3) is 0 Å². The van der Waals surface area contributed by atoms with E-state index in [4.69, 9.17) is 4.74 Å². The molecule has 0 bridgehead atoms. The molecule has 6 heteroatoms. The van der Waals surface area contributed by atoms with Gasteiger partial charge in [0.1, 0.15) is 6.04 Å². The molecule has 2 amide bonds. The van der Waals surface area contributed by atoms with Crippen molar-refractivity contribution in [2.45, 2.75) is 26.3 Å². The Hall–Kier alpha value is -1.43. The van der Waals surface area contributed by atoms with Crippen LogP contribution < -0.4 is 5.32 Å². The predicted molar refractivity (Wildman–Crippen MR) is 62.4 cm³/mol. The Balaban J connectivity index is 1.98. The number of fused-ring (bicyclic) bond motifs is 1. The molecule has 2 rings (SSSR count). The molecule has 6 nitrogen and oxygen atoms in total. The lowest BCUT2D eigenvalue weighted by Crippen LogP contribution is -2.49. The summed E-state index contributed by atoms with van der Waals surface area (Å²) in [5.41, 5.74) is 0. The Labute approximate surface area is 106 Å². The molecular formula is C12H18N2O4. The van der Waals surface area contributed by atoms with Crippen molar-refractivity contribution in [3.63, 3.8) is 0 Å². The van der Waals surface area contributed by atoms with Crippen LogP contribution in [-0.2, 0) is 19.1 Å². The van der Waals surface area contributed by atoms with Gasteiger partial charge in [-0.3, -0.25) is 19.3 Å². The van der Waals surface area contributed by atoms with Gasteiger partial charge < -0.3 is 10.1 Å². The molecule has 1 aliphatic carbocycles. The molecule has 18 heavy (non-hydrogen) atoms. The van der Waals surface area contributed by atoms with Gasteiger partial charge in [-0.1, -0.05) is 6.92 Å². The van der Waals surface area contributed by atoms with Crippen molar-refractivity contribution in [3.8, 4) is 0 Å². The number of imide groups is 1. The second-order valence-corrected chi connectivity index (χ2v) is 4.60. The number of nitrogens with zero attached hydrogens (tertiary/aromatic N) is 1. The van der Waals surface area contributed by atoms with E-state index < -0.39 is 12.0 Å². The number of esters is 1. The third-order valence-corrected chi connectivity index (χ3v) is 3.34. The smallest absolute Gasteiger partial charge is 0.324 e. The van der Waals surface area contributed by atoms with Gasteiger partial charge in [-0.25, -0.2) is 0 Å². The molecule has 0 aromatic carbocycles. The number of carbonyl (C=O) groups excluding carboxylic acids is 3. The summed E-state index contributed by atoms with van der Waals surface area (Å²) in [7, 11) is 0. The first kappa shape index (κ1) is 13.0. The molecule has 2 aliphatic rings. The van der Waals surface area contributed by atoms with Crippen LogP contribution in [0.25, 0.3) is 0 Å². The molecule has 2 fully saturated rings. The lowest BCUT2D eigenvalue weighted by Gasteiger charge is -2.23. The number of ether oxygens (including phenoxy) is 1. The van der Waals surface area contributed by atoms with E-state index in [0.29, 0.717) is 13.0 Å². The zero-order valence-corrected chi connectivity index (χ0v) is 10.6. The molecule has 1 saturated carbocycles. The molecule has 0 aromatic rings. The van der Waals surface area contributed by atoms with E-state index in [1.54, 1.807) is 6.92 Å². The Morgan fingerprint density at radius 2 is 2.00 bits per heavy atom. The van der Waals surface area contributed by atoms with Crippen LogP contribution >= 0.6 is 0 Å². The molecule has 0 aromatic heterocycles. The molecule has 3 atom stereocenters. The van der Waals surface area contributed by atoms with Crippen molar-refractivity contribution >= 4 is 17.8 Å². The summed E-state index contributed by atoms with van der Waals surface area (Å²) in [4.78, 5) is 36.5. The highest BCUT2D eigenvalue weighted by Gasteiger charge is 2.59. The van der Waals surface area contributed by atoms with Gasteiger partial charge in [0.15, 0.2) is 0 Å². The maximum Gasteiger partial charge on any atom is 0.324 e. The van der Waals surface area contributed by atoms with Crippen LogP contribution in [0.5, 0.6) is 0 Å². The zero-order valence-electron chi connectivity index (χ0n) is 10.6. The van der Waals surface area contributed by atoms with E-state index in [-0.39, 0.29) is 36.8 Å². The largest absolute Gasteiger partial charge is 0.465 e. The summed E-state index contributed by atoms with van der Waals surface area (Å²) in [6.45, 7) is 4.53. The number of hydrogen-bond acceptors (Lipinski definition) is 5. The monoisotopic (exact) mass is 254 g/mol. The third kappa shape index (κ3) is 2.25. The minimum atomic E-state index is -0.625. The van der Waals surface area contributed by atoms with Crippen molar-refractivity contribution in [3.05, 3.63) is 0 Å². The quantitative estimate of drug-likeness (QED) is 0.512. The van der Waals surface area contributed by atoms with Crippen molar-refractivity contribution in [2.24, 2.45) is 11.8 Å². The van der Waals surface area contributed by atoms with Crippen LogP contribution in [0.15, 0.2) is 0 Å². The average molecular weight is 254 g/mol. The van der Waals surface area contributed by atoms with Gasteiger partial charge in [0.05, 0.1) is 25.0 Å². The maximum atomic E-state index is 11.8. The minimum absolute atomic E-state index is 0.0807. The number of likely N-dealkylation sites (tertiary alicyclic amines) is 1. The molecule has 0 radical (unpaired) electrons. The fourth-order valence-electron chi connectivity index (χ4n) is 2.32.